The lowest BCUT2D eigenvalue weighted by Crippen LogP contribution is -2.40. The summed E-state index contributed by atoms with van der Waals surface area (Å²) in [6.07, 6.45) is -5.88. The highest BCUT2D eigenvalue weighted by atomic mass is 16.1. The molecular formula is C23H28N4O. The Bertz CT molecular complexity index is 1550. The van der Waals surface area contributed by atoms with Gasteiger partial charge in [0.25, 0.3) is 5.91 Å². The normalized spacial score (nSPS) is 34.2. The fourth-order valence-corrected chi connectivity index (χ4v) is 2.67. The van der Waals surface area contributed by atoms with Crippen molar-refractivity contribution in [2.24, 2.45) is 0 Å². The number of carbonyl (C=O) groups is 1. The van der Waals surface area contributed by atoms with Gasteiger partial charge in [-0.25, -0.2) is 4.68 Å². The zero-order valence-electron chi connectivity index (χ0n) is 28.6. The van der Waals surface area contributed by atoms with Crippen LogP contribution in [-0.4, -0.2) is 34.2 Å². The number of hydrogen-bond acceptors (Lipinski definition) is 3. The monoisotopic (exact) mass is 389 g/mol. The molecule has 28 heavy (non-hydrogen) atoms. The van der Waals surface area contributed by atoms with Crippen LogP contribution in [0.25, 0.3) is 16.6 Å². The molecule has 1 aliphatic rings. The molecular weight excluding hydrogens is 348 g/mol. The van der Waals surface area contributed by atoms with Gasteiger partial charge in [-0.3, -0.25) is 4.79 Å². The topological polar surface area (TPSA) is 59.0 Å². The highest BCUT2D eigenvalue weighted by Gasteiger charge is 2.19. The van der Waals surface area contributed by atoms with Gasteiger partial charge in [0.15, 0.2) is 0 Å². The molecule has 1 saturated heterocycles. The summed E-state index contributed by atoms with van der Waals surface area (Å²) in [5.74, 6) is -3.93. The third-order valence-corrected chi connectivity index (χ3v) is 3.86. The molecule has 4 rings (SSSR count). The first-order valence-electron chi connectivity index (χ1n) is 15.1. The van der Waals surface area contributed by atoms with Crippen molar-refractivity contribution >= 4 is 16.8 Å². The Morgan fingerprint density at radius 2 is 2.14 bits per heavy atom. The molecule has 2 aromatic carbocycles. The molecule has 0 aliphatic carbocycles. The number of hydrogen-bond donors (Lipinski definition) is 2. The minimum Gasteiger partial charge on any atom is -0.347 e. The third kappa shape index (κ3) is 3.94. The molecule has 0 spiro atoms. The van der Waals surface area contributed by atoms with Crippen molar-refractivity contribution in [3.8, 4) is 5.69 Å². The molecule has 2 heterocycles. The van der Waals surface area contributed by atoms with Gasteiger partial charge < -0.3 is 10.6 Å². The molecule has 1 aromatic heterocycles. The van der Waals surface area contributed by atoms with Crippen molar-refractivity contribution in [2.75, 3.05) is 13.0 Å². The summed E-state index contributed by atoms with van der Waals surface area (Å²) < 4.78 is 110. The number of fused-ring (bicyclic) bond motifs is 1. The van der Waals surface area contributed by atoms with Crippen LogP contribution in [0.1, 0.15) is 73.2 Å². The van der Waals surface area contributed by atoms with Crippen LogP contribution in [0.3, 0.4) is 0 Å². The second kappa shape index (κ2) is 7.40. The number of piperidine rings is 1. The quantitative estimate of drug-likeness (QED) is 0.711. The molecule has 5 nitrogen and oxygen atoms in total. The number of amides is 1. The molecule has 0 radical (unpaired) electrons. The molecule has 1 aliphatic heterocycles. The molecule has 1 unspecified atom stereocenters. The Morgan fingerprint density at radius 1 is 1.36 bits per heavy atom. The van der Waals surface area contributed by atoms with E-state index in [1.54, 1.807) is 38.2 Å². The Balaban J connectivity index is 1.97. The Kier molecular flexibility index (Phi) is 2.32. The van der Waals surface area contributed by atoms with Crippen LogP contribution in [0.5, 0.6) is 0 Å². The molecule has 1 amide bonds. The molecule has 2 N–H and O–H groups in total. The van der Waals surface area contributed by atoms with E-state index < -0.39 is 78.5 Å². The smallest absolute Gasteiger partial charge is 0.253 e. The summed E-state index contributed by atoms with van der Waals surface area (Å²) in [7, 11) is 0. The van der Waals surface area contributed by atoms with Crippen molar-refractivity contribution in [3.63, 3.8) is 0 Å². The zero-order valence-corrected chi connectivity index (χ0v) is 15.6. The fourth-order valence-electron chi connectivity index (χ4n) is 2.67. The summed E-state index contributed by atoms with van der Waals surface area (Å²) in [6, 6.07) is 1.01. The van der Waals surface area contributed by atoms with Crippen molar-refractivity contribution in [3.05, 3.63) is 59.7 Å². The largest absolute Gasteiger partial charge is 0.347 e. The van der Waals surface area contributed by atoms with Crippen molar-refractivity contribution in [1.29, 1.82) is 0 Å². The van der Waals surface area contributed by atoms with E-state index in [-0.39, 0.29) is 11.1 Å². The average Bonchev–Trinajstić information content (AvgIpc) is 3.23. The number of carbonyl (C=O) groups excluding carboxylic acids is 1. The summed E-state index contributed by atoms with van der Waals surface area (Å²) >= 11 is 0. The molecule has 3 aromatic rings. The number of nitrogens with one attached hydrogen (secondary N) is 2. The Morgan fingerprint density at radius 3 is 2.89 bits per heavy atom. The maximum absolute atomic E-state index is 12.9. The predicted molar refractivity (Wildman–Crippen MR) is 113 cm³/mol. The molecule has 0 saturated carbocycles. The predicted octanol–water partition coefficient (Wildman–Crippen LogP) is 4.02. The van der Waals surface area contributed by atoms with Gasteiger partial charge in [0.2, 0.25) is 0 Å². The van der Waals surface area contributed by atoms with Crippen LogP contribution in [0.4, 0.5) is 0 Å². The van der Waals surface area contributed by atoms with Crippen LogP contribution in [-0.2, 0) is 0 Å². The zero-order chi connectivity index (χ0) is 31.3. The molecule has 1 fully saturated rings. The summed E-state index contributed by atoms with van der Waals surface area (Å²) in [5.41, 5.74) is -1.73. The number of nitrogens with zero attached hydrogens (tertiary/aromatic N) is 2. The molecule has 1 atom stereocenters. The van der Waals surface area contributed by atoms with E-state index >= 15 is 0 Å². The van der Waals surface area contributed by atoms with Crippen molar-refractivity contribution < 1.29 is 22.6 Å². The molecule has 0 bridgehead atoms. The maximum Gasteiger partial charge on any atom is 0.253 e. The fraction of sp³-hybridized carbons (Fsp3) is 0.391. The standard InChI is InChI=1S/C23H28N4O/c1-23(2,3)25-22(28)20-8-4-6-18-15-27(26-21(18)20)19-11-9-16(10-12-19)17-7-5-13-24-14-17/h4,6,8-12,15,17,24H,5,7,13-14H2,1-3H3,(H,25,28)/i5D2,7D2,9D,10D,11D,12D,13D2,14D2,17D. The van der Waals surface area contributed by atoms with E-state index in [0.29, 0.717) is 5.39 Å². The highest BCUT2D eigenvalue weighted by molar-refractivity contribution is 6.05. The van der Waals surface area contributed by atoms with Crippen LogP contribution in [0.2, 0.25) is 0 Å². The van der Waals surface area contributed by atoms with Gasteiger partial charge in [0, 0.05) is 36.0 Å². The van der Waals surface area contributed by atoms with Crippen LogP contribution in [0, 0.1) is 0 Å². The summed E-state index contributed by atoms with van der Waals surface area (Å²) in [6.45, 7) is -1.32. The van der Waals surface area contributed by atoms with Gasteiger partial charge in [-0.05, 0) is 69.6 Å². The van der Waals surface area contributed by atoms with Crippen LogP contribution < -0.4 is 10.6 Å². The SMILES string of the molecule is [2H]c1c([2H])c(C2([2H])C([2H])([2H])NC([2H])([2H])C([2H])([2H])C2([2H])[2H])c([2H])c([2H])c1-n1cc2cccc(C(=O)NC(C)(C)C)c2n1. The van der Waals surface area contributed by atoms with Crippen molar-refractivity contribution in [1.82, 2.24) is 20.4 Å². The highest BCUT2D eigenvalue weighted by Crippen LogP contribution is 2.25. The van der Waals surface area contributed by atoms with Gasteiger partial charge in [-0.1, -0.05) is 24.2 Å². The van der Waals surface area contributed by atoms with Gasteiger partial charge >= 0.3 is 0 Å². The third-order valence-electron chi connectivity index (χ3n) is 3.86. The minimum absolute atomic E-state index is 0.180. The van der Waals surface area contributed by atoms with E-state index in [9.17, 15) is 4.79 Å². The molecule has 146 valence electrons. The first-order valence-corrected chi connectivity index (χ1v) is 8.64. The summed E-state index contributed by atoms with van der Waals surface area (Å²) in [4.78, 5) is 12.9. The average molecular weight is 390 g/mol. The van der Waals surface area contributed by atoms with E-state index in [1.165, 1.54) is 12.3 Å². The first kappa shape index (κ1) is 8.78. The molecule has 5 heteroatoms. The first-order chi connectivity index (χ1) is 18.4. The Labute approximate surface area is 184 Å². The van der Waals surface area contributed by atoms with Gasteiger partial charge in [0.05, 0.1) is 16.7 Å². The lowest BCUT2D eigenvalue weighted by molar-refractivity contribution is 0.0921. The van der Waals surface area contributed by atoms with Crippen LogP contribution >= 0.6 is 0 Å². The van der Waals surface area contributed by atoms with Gasteiger partial charge in [-0.15, -0.1) is 0 Å². The van der Waals surface area contributed by atoms with E-state index in [4.69, 9.17) is 17.8 Å². The van der Waals surface area contributed by atoms with Crippen LogP contribution in [0.15, 0.2) is 48.6 Å². The second-order valence-electron chi connectivity index (χ2n) is 7.24. The van der Waals surface area contributed by atoms with E-state index in [0.717, 1.165) is 4.68 Å². The number of benzene rings is 2. The van der Waals surface area contributed by atoms with E-state index in [1.807, 2.05) is 0 Å². The lowest BCUT2D eigenvalue weighted by Gasteiger charge is -2.23. The van der Waals surface area contributed by atoms with Gasteiger partial charge in [0.1, 0.15) is 5.52 Å². The maximum atomic E-state index is 12.9. The number of aromatic nitrogens is 2. The van der Waals surface area contributed by atoms with Crippen molar-refractivity contribution in [2.45, 2.75) is 44.9 Å². The second-order valence-corrected chi connectivity index (χ2v) is 7.24. The number of rotatable bonds is 3. The summed E-state index contributed by atoms with van der Waals surface area (Å²) in [5, 5.41) is 9.24. The van der Waals surface area contributed by atoms with E-state index in [2.05, 4.69) is 10.4 Å². The lowest BCUT2D eigenvalue weighted by atomic mass is 9.92. The Hall–Kier alpha value is -2.66. The van der Waals surface area contributed by atoms with Gasteiger partial charge in [-0.2, -0.15) is 5.10 Å². The minimum atomic E-state index is -3.69.